The molecule has 0 saturated carbocycles. The summed E-state index contributed by atoms with van der Waals surface area (Å²) < 4.78 is 6.94. The minimum absolute atomic E-state index is 0.241. The number of aliphatic carboxylic acids is 1. The minimum Gasteiger partial charge on any atom is -0.481 e. The Balaban J connectivity index is 2.33. The number of rotatable bonds is 4. The summed E-state index contributed by atoms with van der Waals surface area (Å²) in [5.41, 5.74) is 0.734. The van der Waals surface area contributed by atoms with E-state index in [1.807, 2.05) is 6.92 Å². The van der Waals surface area contributed by atoms with Crippen LogP contribution in [0, 0.1) is 5.41 Å². The van der Waals surface area contributed by atoms with E-state index in [1.165, 1.54) is 0 Å². The molecular weight excluding hydrogens is 256 g/mol. The molecule has 1 N–H and O–H groups in total. The Bertz CT molecular complexity index is 464. The van der Waals surface area contributed by atoms with Crippen LogP contribution in [0.3, 0.4) is 0 Å². The molecule has 0 bridgehead atoms. The first-order valence-electron chi connectivity index (χ1n) is 6.01. The van der Waals surface area contributed by atoms with E-state index in [1.54, 1.807) is 11.7 Å². The van der Waals surface area contributed by atoms with Gasteiger partial charge in [0.1, 0.15) is 0 Å². The molecule has 0 aromatic carbocycles. The summed E-state index contributed by atoms with van der Waals surface area (Å²) in [7, 11) is 1.80. The molecule has 100 valence electrons. The Kier molecular flexibility index (Phi) is 3.64. The van der Waals surface area contributed by atoms with E-state index in [9.17, 15) is 9.90 Å². The maximum atomic E-state index is 11.5. The summed E-state index contributed by atoms with van der Waals surface area (Å²) in [6, 6.07) is 0. The predicted octanol–water partition coefficient (Wildman–Crippen LogP) is 1.67. The van der Waals surface area contributed by atoms with E-state index in [0.29, 0.717) is 24.5 Å². The van der Waals surface area contributed by atoms with Gasteiger partial charge in [0.25, 0.3) is 0 Å². The third-order valence-corrected chi connectivity index (χ3v) is 4.00. The summed E-state index contributed by atoms with van der Waals surface area (Å²) >= 11 is 6.26. The Morgan fingerprint density at radius 1 is 1.67 bits per heavy atom. The van der Waals surface area contributed by atoms with Crippen LogP contribution >= 0.6 is 11.6 Å². The molecule has 1 atom stereocenters. The van der Waals surface area contributed by atoms with Gasteiger partial charge in [-0.25, -0.2) is 0 Å². The first-order chi connectivity index (χ1) is 8.50. The molecule has 2 heterocycles. The summed E-state index contributed by atoms with van der Waals surface area (Å²) in [5.74, 6) is -0.824. The third-order valence-electron chi connectivity index (χ3n) is 3.57. The SMILES string of the molecule is CCc1nn(C)c(CC2(C(=O)O)CCOC2)c1Cl. The number of carbonyl (C=O) groups is 1. The van der Waals surface area contributed by atoms with Crippen molar-refractivity contribution in [2.75, 3.05) is 13.2 Å². The molecule has 5 nitrogen and oxygen atoms in total. The number of carboxylic acid groups (broad SMARTS) is 1. The van der Waals surface area contributed by atoms with Gasteiger partial charge in [-0.05, 0) is 12.8 Å². The van der Waals surface area contributed by atoms with Crippen LogP contribution in [0.2, 0.25) is 5.02 Å². The van der Waals surface area contributed by atoms with E-state index in [0.717, 1.165) is 17.8 Å². The Morgan fingerprint density at radius 3 is 2.83 bits per heavy atom. The number of carboxylic acids is 1. The van der Waals surface area contributed by atoms with Crippen LogP contribution in [0.25, 0.3) is 0 Å². The second-order valence-electron chi connectivity index (χ2n) is 4.75. The highest BCUT2D eigenvalue weighted by Gasteiger charge is 2.43. The topological polar surface area (TPSA) is 64.4 Å². The molecule has 1 aromatic heterocycles. The molecule has 1 aliphatic heterocycles. The molecule has 1 unspecified atom stereocenters. The zero-order valence-electron chi connectivity index (χ0n) is 10.6. The van der Waals surface area contributed by atoms with Crippen molar-refractivity contribution in [3.8, 4) is 0 Å². The van der Waals surface area contributed by atoms with Crippen LogP contribution in [0.5, 0.6) is 0 Å². The molecule has 1 fully saturated rings. The van der Waals surface area contributed by atoms with Crippen molar-refractivity contribution >= 4 is 17.6 Å². The number of nitrogens with zero attached hydrogens (tertiary/aromatic N) is 2. The van der Waals surface area contributed by atoms with Crippen molar-refractivity contribution in [2.24, 2.45) is 12.5 Å². The number of hydrogen-bond acceptors (Lipinski definition) is 3. The van der Waals surface area contributed by atoms with Crippen LogP contribution < -0.4 is 0 Å². The molecular formula is C12H17ClN2O3. The molecule has 0 spiro atoms. The van der Waals surface area contributed by atoms with Gasteiger partial charge >= 0.3 is 5.97 Å². The van der Waals surface area contributed by atoms with Crippen LogP contribution in [0.4, 0.5) is 0 Å². The zero-order valence-corrected chi connectivity index (χ0v) is 11.3. The average Bonchev–Trinajstić information content (AvgIpc) is 2.90. The monoisotopic (exact) mass is 272 g/mol. The van der Waals surface area contributed by atoms with Gasteiger partial charge in [0, 0.05) is 20.1 Å². The van der Waals surface area contributed by atoms with Gasteiger partial charge in [0.15, 0.2) is 0 Å². The quantitative estimate of drug-likeness (QED) is 0.906. The number of aromatic nitrogens is 2. The molecule has 0 aliphatic carbocycles. The number of ether oxygens (including phenoxy) is 1. The summed E-state index contributed by atoms with van der Waals surface area (Å²) in [4.78, 5) is 11.5. The van der Waals surface area contributed by atoms with Gasteiger partial charge in [-0.1, -0.05) is 18.5 Å². The molecule has 2 rings (SSSR count). The summed E-state index contributed by atoms with van der Waals surface area (Å²) in [6.45, 7) is 2.71. The highest BCUT2D eigenvalue weighted by atomic mass is 35.5. The van der Waals surface area contributed by atoms with E-state index in [4.69, 9.17) is 16.3 Å². The number of aryl methyl sites for hydroxylation is 2. The van der Waals surface area contributed by atoms with Crippen molar-refractivity contribution < 1.29 is 14.6 Å². The fraction of sp³-hybridized carbons (Fsp3) is 0.667. The smallest absolute Gasteiger partial charge is 0.312 e. The van der Waals surface area contributed by atoms with E-state index in [-0.39, 0.29) is 6.61 Å². The van der Waals surface area contributed by atoms with E-state index >= 15 is 0 Å². The fourth-order valence-corrected chi connectivity index (χ4v) is 2.68. The van der Waals surface area contributed by atoms with Crippen molar-refractivity contribution in [2.45, 2.75) is 26.2 Å². The first-order valence-corrected chi connectivity index (χ1v) is 6.39. The van der Waals surface area contributed by atoms with Gasteiger partial charge in [0.2, 0.25) is 0 Å². The van der Waals surface area contributed by atoms with Crippen molar-refractivity contribution in [3.63, 3.8) is 0 Å². The average molecular weight is 273 g/mol. The summed E-state index contributed by atoms with van der Waals surface area (Å²) in [5, 5.41) is 14.3. The van der Waals surface area contributed by atoms with Crippen LogP contribution in [-0.4, -0.2) is 34.1 Å². The van der Waals surface area contributed by atoms with Gasteiger partial charge in [-0.2, -0.15) is 5.10 Å². The normalized spacial score (nSPS) is 23.5. The van der Waals surface area contributed by atoms with Gasteiger partial charge in [-0.15, -0.1) is 0 Å². The van der Waals surface area contributed by atoms with Crippen LogP contribution in [0.1, 0.15) is 24.7 Å². The molecule has 1 aliphatic rings. The van der Waals surface area contributed by atoms with Crippen molar-refractivity contribution in [1.29, 1.82) is 0 Å². The second kappa shape index (κ2) is 4.90. The summed E-state index contributed by atoms with van der Waals surface area (Å²) in [6.07, 6.45) is 1.62. The molecule has 0 radical (unpaired) electrons. The van der Waals surface area contributed by atoms with E-state index in [2.05, 4.69) is 5.10 Å². The largest absolute Gasteiger partial charge is 0.481 e. The van der Waals surface area contributed by atoms with Crippen molar-refractivity contribution in [3.05, 3.63) is 16.4 Å². The Morgan fingerprint density at radius 2 is 2.39 bits per heavy atom. The van der Waals surface area contributed by atoms with Crippen LogP contribution in [0.15, 0.2) is 0 Å². The maximum Gasteiger partial charge on any atom is 0.312 e. The second-order valence-corrected chi connectivity index (χ2v) is 5.13. The molecule has 0 amide bonds. The van der Waals surface area contributed by atoms with Crippen molar-refractivity contribution in [1.82, 2.24) is 9.78 Å². The van der Waals surface area contributed by atoms with Gasteiger partial charge in [0.05, 0.1) is 28.4 Å². The first kappa shape index (κ1) is 13.4. The zero-order chi connectivity index (χ0) is 13.3. The highest BCUT2D eigenvalue weighted by Crippen LogP contribution is 2.35. The predicted molar refractivity (Wildman–Crippen MR) is 66.8 cm³/mol. The molecule has 1 saturated heterocycles. The lowest BCUT2D eigenvalue weighted by molar-refractivity contribution is -0.148. The van der Waals surface area contributed by atoms with Gasteiger partial charge < -0.3 is 9.84 Å². The molecule has 1 aromatic rings. The van der Waals surface area contributed by atoms with Gasteiger partial charge in [-0.3, -0.25) is 9.48 Å². The molecule has 18 heavy (non-hydrogen) atoms. The Hall–Kier alpha value is -1.07. The fourth-order valence-electron chi connectivity index (χ4n) is 2.32. The third kappa shape index (κ3) is 2.12. The number of hydrogen-bond donors (Lipinski definition) is 1. The highest BCUT2D eigenvalue weighted by molar-refractivity contribution is 6.31. The lowest BCUT2D eigenvalue weighted by Crippen LogP contribution is -2.34. The standard InChI is InChI=1S/C12H17ClN2O3/c1-3-8-10(13)9(15(2)14-8)6-12(11(16)17)4-5-18-7-12/h3-7H2,1-2H3,(H,16,17). The Labute approximate surface area is 111 Å². The maximum absolute atomic E-state index is 11.5. The number of halogens is 1. The minimum atomic E-state index is -0.859. The lowest BCUT2D eigenvalue weighted by atomic mass is 9.82. The molecule has 6 heteroatoms. The van der Waals surface area contributed by atoms with Crippen LogP contribution in [-0.2, 0) is 29.4 Å². The lowest BCUT2D eigenvalue weighted by Gasteiger charge is -2.22. The van der Waals surface area contributed by atoms with E-state index < -0.39 is 11.4 Å².